The fraction of sp³-hybridized carbons (Fsp3) is 0.450. The monoisotopic (exact) mass is 407 g/mol. The Bertz CT molecular complexity index is 945. The number of amides is 1. The van der Waals surface area contributed by atoms with Crippen LogP contribution in [-0.4, -0.2) is 53.1 Å². The number of pyridine rings is 1. The minimum Gasteiger partial charge on any atom is -0.477 e. The molecule has 2 heterocycles. The van der Waals surface area contributed by atoms with Gasteiger partial charge in [0.25, 0.3) is 0 Å². The normalized spacial score (nSPS) is 19.8. The van der Waals surface area contributed by atoms with Crippen molar-refractivity contribution in [1.82, 2.24) is 10.3 Å². The largest absolute Gasteiger partial charge is 0.477 e. The maximum atomic E-state index is 14.8. The zero-order valence-corrected chi connectivity index (χ0v) is 16.4. The van der Waals surface area contributed by atoms with Crippen molar-refractivity contribution in [2.45, 2.75) is 45.0 Å². The van der Waals surface area contributed by atoms with E-state index in [1.54, 1.807) is 25.7 Å². The highest BCUT2D eigenvalue weighted by Gasteiger charge is 2.32. The van der Waals surface area contributed by atoms with Crippen molar-refractivity contribution >= 4 is 28.7 Å². The van der Waals surface area contributed by atoms with E-state index in [0.29, 0.717) is 18.7 Å². The number of hydrogen-bond acceptors (Lipinski definition) is 5. The Labute approximate surface area is 166 Å². The maximum Gasteiger partial charge on any atom is 0.407 e. The van der Waals surface area contributed by atoms with Crippen molar-refractivity contribution in [1.29, 1.82) is 0 Å². The minimum absolute atomic E-state index is 0.0554. The zero-order chi connectivity index (χ0) is 21.3. The van der Waals surface area contributed by atoms with Crippen LogP contribution >= 0.6 is 0 Å². The summed E-state index contributed by atoms with van der Waals surface area (Å²) < 4.78 is 34.1. The lowest BCUT2D eigenvalue weighted by molar-refractivity contribution is 0.0463. The third-order valence-corrected chi connectivity index (χ3v) is 4.59. The van der Waals surface area contributed by atoms with E-state index in [2.05, 4.69) is 10.3 Å². The first-order valence-electron chi connectivity index (χ1n) is 9.26. The van der Waals surface area contributed by atoms with Gasteiger partial charge in [-0.1, -0.05) is 0 Å². The summed E-state index contributed by atoms with van der Waals surface area (Å²) in [7, 11) is 0. The molecule has 2 atom stereocenters. The number of carboxylic acid groups (broad SMARTS) is 1. The first kappa shape index (κ1) is 20.8. The lowest BCUT2D eigenvalue weighted by Crippen LogP contribution is -2.53. The van der Waals surface area contributed by atoms with Crippen LogP contribution in [0.25, 0.3) is 10.9 Å². The molecule has 0 spiro atoms. The summed E-state index contributed by atoms with van der Waals surface area (Å²) in [6.45, 7) is 5.49. The number of aromatic nitrogens is 1. The van der Waals surface area contributed by atoms with E-state index in [-0.39, 0.29) is 23.1 Å². The Kier molecular flexibility index (Phi) is 5.59. The lowest BCUT2D eigenvalue weighted by atomic mass is 10.0. The maximum absolute atomic E-state index is 14.8. The van der Waals surface area contributed by atoms with Crippen LogP contribution in [0.5, 0.6) is 0 Å². The number of piperidine rings is 1. The van der Waals surface area contributed by atoms with Crippen LogP contribution in [0.15, 0.2) is 24.3 Å². The Morgan fingerprint density at radius 2 is 2.00 bits per heavy atom. The molecule has 156 valence electrons. The van der Waals surface area contributed by atoms with E-state index < -0.39 is 35.7 Å². The minimum atomic E-state index is -1.39. The average molecular weight is 407 g/mol. The van der Waals surface area contributed by atoms with Crippen molar-refractivity contribution < 1.29 is 28.2 Å². The number of carbonyl (C=O) groups excluding carboxylic acids is 1. The van der Waals surface area contributed by atoms with E-state index in [4.69, 9.17) is 4.74 Å². The number of carboxylic acids is 1. The average Bonchev–Trinajstić information content (AvgIpc) is 2.62. The Hall–Kier alpha value is -2.97. The van der Waals surface area contributed by atoms with Gasteiger partial charge in [0, 0.05) is 11.9 Å². The van der Waals surface area contributed by atoms with Crippen LogP contribution in [-0.2, 0) is 4.74 Å². The first-order valence-corrected chi connectivity index (χ1v) is 9.26. The van der Waals surface area contributed by atoms with Crippen LogP contribution < -0.4 is 10.2 Å². The van der Waals surface area contributed by atoms with Crippen molar-refractivity contribution in [3.8, 4) is 0 Å². The molecule has 29 heavy (non-hydrogen) atoms. The molecule has 2 aromatic rings. The van der Waals surface area contributed by atoms with Gasteiger partial charge in [0.1, 0.15) is 23.3 Å². The SMILES string of the molecule is CC(C)(C)OC(=O)N[C@H]1CCN(c2ccc(F)c3ccc(C(=O)O)nc23)C[C@H]1F. The van der Waals surface area contributed by atoms with Gasteiger partial charge in [0.2, 0.25) is 0 Å². The molecule has 7 nitrogen and oxygen atoms in total. The van der Waals surface area contributed by atoms with E-state index in [9.17, 15) is 23.5 Å². The van der Waals surface area contributed by atoms with Crippen LogP contribution in [0.2, 0.25) is 0 Å². The number of carbonyl (C=O) groups is 2. The van der Waals surface area contributed by atoms with Crippen molar-refractivity contribution in [2.24, 2.45) is 0 Å². The summed E-state index contributed by atoms with van der Waals surface area (Å²) in [6.07, 6.45) is -1.77. The summed E-state index contributed by atoms with van der Waals surface area (Å²) in [5.41, 5.74) is -0.293. The van der Waals surface area contributed by atoms with E-state index in [1.165, 1.54) is 24.3 Å². The number of nitrogens with zero attached hydrogens (tertiary/aromatic N) is 2. The second-order valence-electron chi connectivity index (χ2n) is 7.97. The standard InChI is InChI=1S/C20H23F2N3O4/c1-20(2,3)29-19(28)24-14-8-9-25(10-13(14)22)16-7-5-12(21)11-4-6-15(18(26)27)23-17(11)16/h4-7,13-14H,8-10H2,1-3H3,(H,24,28)(H,26,27)/t13-,14+/m1/s1. The fourth-order valence-electron chi connectivity index (χ4n) is 3.29. The van der Waals surface area contributed by atoms with Gasteiger partial charge in [0.05, 0.1) is 23.8 Å². The van der Waals surface area contributed by atoms with Gasteiger partial charge in [-0.25, -0.2) is 23.4 Å². The number of alkyl halides is 1. The highest BCUT2D eigenvalue weighted by atomic mass is 19.1. The van der Waals surface area contributed by atoms with Gasteiger partial charge in [-0.2, -0.15) is 0 Å². The molecule has 9 heteroatoms. The third-order valence-electron chi connectivity index (χ3n) is 4.59. The van der Waals surface area contributed by atoms with E-state index in [0.717, 1.165) is 0 Å². The van der Waals surface area contributed by atoms with Crippen molar-refractivity contribution in [3.05, 3.63) is 35.8 Å². The Morgan fingerprint density at radius 1 is 1.28 bits per heavy atom. The molecule has 1 fully saturated rings. The number of fused-ring (bicyclic) bond motifs is 1. The molecule has 1 aromatic heterocycles. The molecule has 1 aliphatic heterocycles. The second kappa shape index (κ2) is 7.81. The van der Waals surface area contributed by atoms with Gasteiger partial charge < -0.3 is 20.1 Å². The van der Waals surface area contributed by atoms with Gasteiger partial charge in [-0.15, -0.1) is 0 Å². The summed E-state index contributed by atoms with van der Waals surface area (Å²) in [6, 6.07) is 4.58. The van der Waals surface area contributed by atoms with Gasteiger partial charge in [-0.3, -0.25) is 0 Å². The topological polar surface area (TPSA) is 91.8 Å². The van der Waals surface area contributed by atoms with Crippen LogP contribution in [0.4, 0.5) is 19.3 Å². The number of halogens is 2. The molecule has 0 aliphatic carbocycles. The summed E-state index contributed by atoms with van der Waals surface area (Å²) in [5, 5.41) is 11.9. The lowest BCUT2D eigenvalue weighted by Gasteiger charge is -2.37. The quantitative estimate of drug-likeness (QED) is 0.809. The third kappa shape index (κ3) is 4.72. The Morgan fingerprint density at radius 3 is 2.62 bits per heavy atom. The highest BCUT2D eigenvalue weighted by molar-refractivity contribution is 5.95. The molecule has 1 aliphatic rings. The van der Waals surface area contributed by atoms with Gasteiger partial charge in [0.15, 0.2) is 0 Å². The molecule has 0 saturated carbocycles. The number of hydrogen-bond donors (Lipinski definition) is 2. The van der Waals surface area contributed by atoms with Gasteiger partial charge in [-0.05, 0) is 51.5 Å². The number of aromatic carboxylic acids is 1. The molecular weight excluding hydrogens is 384 g/mol. The smallest absolute Gasteiger partial charge is 0.407 e. The molecule has 0 unspecified atom stereocenters. The van der Waals surface area contributed by atoms with E-state index in [1.807, 2.05) is 0 Å². The van der Waals surface area contributed by atoms with Crippen LogP contribution in [0.3, 0.4) is 0 Å². The summed E-state index contributed by atoms with van der Waals surface area (Å²) in [4.78, 5) is 28.9. The van der Waals surface area contributed by atoms with Gasteiger partial charge >= 0.3 is 12.1 Å². The predicted octanol–water partition coefficient (Wildman–Crippen LogP) is 3.51. The molecular formula is C20H23F2N3O4. The zero-order valence-electron chi connectivity index (χ0n) is 16.4. The molecule has 3 rings (SSSR count). The number of alkyl carbamates (subject to hydrolysis) is 1. The predicted molar refractivity (Wildman–Crippen MR) is 104 cm³/mol. The molecule has 0 radical (unpaired) electrons. The molecule has 1 amide bonds. The second-order valence-corrected chi connectivity index (χ2v) is 7.97. The molecule has 1 saturated heterocycles. The summed E-state index contributed by atoms with van der Waals surface area (Å²) >= 11 is 0. The summed E-state index contributed by atoms with van der Waals surface area (Å²) in [5.74, 6) is -1.77. The van der Waals surface area contributed by atoms with Crippen molar-refractivity contribution in [3.63, 3.8) is 0 Å². The number of ether oxygens (including phenoxy) is 1. The van der Waals surface area contributed by atoms with Crippen LogP contribution in [0.1, 0.15) is 37.7 Å². The van der Waals surface area contributed by atoms with Crippen molar-refractivity contribution in [2.75, 3.05) is 18.0 Å². The molecule has 1 aromatic carbocycles. The Balaban J connectivity index is 1.80. The number of anilines is 1. The number of nitrogens with one attached hydrogen (secondary N) is 1. The molecule has 2 N–H and O–H groups in total. The number of rotatable bonds is 3. The fourth-order valence-corrected chi connectivity index (χ4v) is 3.29. The highest BCUT2D eigenvalue weighted by Crippen LogP contribution is 2.30. The number of benzene rings is 1. The van der Waals surface area contributed by atoms with E-state index >= 15 is 0 Å². The van der Waals surface area contributed by atoms with Crippen LogP contribution in [0, 0.1) is 5.82 Å². The molecule has 0 bridgehead atoms. The first-order chi connectivity index (χ1) is 13.5.